The molecule has 0 aliphatic heterocycles. The van der Waals surface area contributed by atoms with Crippen LogP contribution in [0.25, 0.3) is 17.1 Å². The fourth-order valence-electron chi connectivity index (χ4n) is 3.13. The van der Waals surface area contributed by atoms with Gasteiger partial charge in [-0.3, -0.25) is 4.79 Å². The van der Waals surface area contributed by atoms with Crippen molar-refractivity contribution in [2.24, 2.45) is 0 Å². The zero-order valence-electron chi connectivity index (χ0n) is 17.6. The van der Waals surface area contributed by atoms with E-state index in [-0.39, 0.29) is 11.9 Å². The summed E-state index contributed by atoms with van der Waals surface area (Å²) in [6, 6.07) is 20.3. The Balaban J connectivity index is 1.68. The van der Waals surface area contributed by atoms with Gasteiger partial charge < -0.3 is 14.8 Å². The van der Waals surface area contributed by atoms with E-state index in [2.05, 4.69) is 15.4 Å². The number of nitrogens with zero attached hydrogens (tertiary/aromatic N) is 3. The van der Waals surface area contributed by atoms with Gasteiger partial charge >= 0.3 is 6.01 Å². The number of aromatic nitrogens is 3. The van der Waals surface area contributed by atoms with E-state index in [0.29, 0.717) is 35.1 Å². The smallest absolute Gasteiger partial charge is 0.336 e. The zero-order valence-corrected chi connectivity index (χ0v) is 17.6. The van der Waals surface area contributed by atoms with Gasteiger partial charge in [0.25, 0.3) is 5.91 Å². The van der Waals surface area contributed by atoms with Gasteiger partial charge in [0.1, 0.15) is 11.6 Å². The third-order valence-corrected chi connectivity index (χ3v) is 4.64. The van der Waals surface area contributed by atoms with Crippen molar-refractivity contribution in [3.63, 3.8) is 0 Å². The first-order valence-corrected chi connectivity index (χ1v) is 9.99. The summed E-state index contributed by atoms with van der Waals surface area (Å²) in [5.41, 5.74) is 2.39. The number of benzene rings is 3. The first-order chi connectivity index (χ1) is 15.6. The molecule has 0 aliphatic rings. The number of nitrogens with one attached hydrogen (secondary N) is 1. The highest BCUT2D eigenvalue weighted by atomic mass is 19.1. The van der Waals surface area contributed by atoms with Crippen LogP contribution >= 0.6 is 0 Å². The van der Waals surface area contributed by atoms with Crippen molar-refractivity contribution >= 4 is 11.6 Å². The molecule has 4 rings (SSSR count). The van der Waals surface area contributed by atoms with Crippen molar-refractivity contribution in [1.29, 1.82) is 0 Å². The second-order valence-electron chi connectivity index (χ2n) is 6.81. The largest absolute Gasteiger partial charge is 0.497 e. The molecule has 1 aromatic heterocycles. The Bertz CT molecular complexity index is 1240. The van der Waals surface area contributed by atoms with E-state index in [1.807, 2.05) is 37.3 Å². The summed E-state index contributed by atoms with van der Waals surface area (Å²) in [5.74, 6) is 0.512. The summed E-state index contributed by atoms with van der Waals surface area (Å²) >= 11 is 0. The summed E-state index contributed by atoms with van der Waals surface area (Å²) in [5, 5.41) is 7.30. The molecule has 1 N–H and O–H groups in total. The van der Waals surface area contributed by atoms with Crippen molar-refractivity contribution in [2.45, 2.75) is 6.92 Å². The Morgan fingerprint density at radius 3 is 2.59 bits per heavy atom. The Kier molecular flexibility index (Phi) is 6.12. The van der Waals surface area contributed by atoms with Gasteiger partial charge in [-0.15, -0.1) is 5.10 Å². The molecule has 1 heterocycles. The predicted octanol–water partition coefficient (Wildman–Crippen LogP) is 4.73. The monoisotopic (exact) mass is 432 g/mol. The molecule has 0 aliphatic carbocycles. The fourth-order valence-corrected chi connectivity index (χ4v) is 3.13. The number of ether oxygens (including phenoxy) is 2. The Labute approximate surface area is 184 Å². The van der Waals surface area contributed by atoms with Crippen molar-refractivity contribution in [3.8, 4) is 28.8 Å². The highest BCUT2D eigenvalue weighted by Crippen LogP contribution is 2.27. The first-order valence-electron chi connectivity index (χ1n) is 9.99. The molecule has 3 aromatic carbocycles. The van der Waals surface area contributed by atoms with Gasteiger partial charge in [0, 0.05) is 16.8 Å². The van der Waals surface area contributed by atoms with Crippen LogP contribution in [-0.2, 0) is 0 Å². The average Bonchev–Trinajstić information content (AvgIpc) is 3.24. The highest BCUT2D eigenvalue weighted by molar-refractivity contribution is 6.04. The van der Waals surface area contributed by atoms with E-state index >= 15 is 0 Å². The number of methoxy groups -OCH3 is 1. The molecule has 0 radical (unpaired) electrons. The van der Waals surface area contributed by atoms with Gasteiger partial charge in [-0.1, -0.05) is 18.2 Å². The fraction of sp³-hybridized carbons (Fsp3) is 0.125. The lowest BCUT2D eigenvalue weighted by atomic mass is 10.2. The van der Waals surface area contributed by atoms with Crippen molar-refractivity contribution < 1.29 is 18.7 Å². The number of hydrogen-bond acceptors (Lipinski definition) is 5. The molecule has 8 heteroatoms. The quantitative estimate of drug-likeness (QED) is 0.457. The van der Waals surface area contributed by atoms with Crippen LogP contribution < -0.4 is 14.8 Å². The van der Waals surface area contributed by atoms with Crippen LogP contribution in [0, 0.1) is 5.82 Å². The molecule has 4 aromatic rings. The number of carbonyl (C=O) groups excluding carboxylic acids is 1. The maximum absolute atomic E-state index is 13.1. The van der Waals surface area contributed by atoms with Gasteiger partial charge in [0.05, 0.1) is 19.4 Å². The second kappa shape index (κ2) is 9.30. The van der Waals surface area contributed by atoms with Crippen molar-refractivity contribution in [2.75, 3.05) is 19.0 Å². The van der Waals surface area contributed by atoms with Crippen molar-refractivity contribution in [1.82, 2.24) is 14.8 Å². The number of hydrogen-bond donors (Lipinski definition) is 1. The van der Waals surface area contributed by atoms with Crippen LogP contribution in [0.15, 0.2) is 72.8 Å². The van der Waals surface area contributed by atoms with Gasteiger partial charge in [-0.05, 0) is 61.5 Å². The van der Waals surface area contributed by atoms with Gasteiger partial charge in [0.15, 0.2) is 5.82 Å². The average molecular weight is 432 g/mol. The summed E-state index contributed by atoms with van der Waals surface area (Å²) in [6.45, 7) is 2.28. The SMILES string of the molecule is CCOc1nc(-c2cccc(OC)c2)n(-c2cccc(NC(=O)c3ccc(F)cc3)c2)n1. The lowest BCUT2D eigenvalue weighted by Crippen LogP contribution is -2.12. The summed E-state index contributed by atoms with van der Waals surface area (Å²) in [6.07, 6.45) is 0. The van der Waals surface area contributed by atoms with Gasteiger partial charge in [-0.2, -0.15) is 4.98 Å². The number of rotatable bonds is 7. The molecule has 0 atom stereocenters. The van der Waals surface area contributed by atoms with E-state index < -0.39 is 5.82 Å². The molecule has 0 saturated heterocycles. The normalized spacial score (nSPS) is 10.6. The summed E-state index contributed by atoms with van der Waals surface area (Å²) in [7, 11) is 1.60. The number of anilines is 1. The number of carbonyl (C=O) groups is 1. The molecule has 0 bridgehead atoms. The van der Waals surface area contributed by atoms with Crippen LogP contribution in [0.4, 0.5) is 10.1 Å². The van der Waals surface area contributed by atoms with Crippen molar-refractivity contribution in [3.05, 3.63) is 84.2 Å². The Morgan fingerprint density at radius 2 is 1.84 bits per heavy atom. The molecule has 7 nitrogen and oxygen atoms in total. The lowest BCUT2D eigenvalue weighted by molar-refractivity contribution is 0.102. The third kappa shape index (κ3) is 4.59. The molecular formula is C24H21FN4O3. The van der Waals surface area contributed by atoms with Crippen LogP contribution in [0.1, 0.15) is 17.3 Å². The Morgan fingerprint density at radius 1 is 1.06 bits per heavy atom. The molecule has 0 fully saturated rings. The molecule has 0 saturated carbocycles. The van der Waals surface area contributed by atoms with E-state index in [0.717, 1.165) is 5.56 Å². The van der Waals surface area contributed by atoms with E-state index in [4.69, 9.17) is 9.47 Å². The molecule has 0 spiro atoms. The molecule has 0 unspecified atom stereocenters. The molecular weight excluding hydrogens is 411 g/mol. The number of halogens is 1. The van der Waals surface area contributed by atoms with Crippen LogP contribution in [0.3, 0.4) is 0 Å². The molecule has 1 amide bonds. The van der Waals surface area contributed by atoms with Crippen LogP contribution in [-0.4, -0.2) is 34.4 Å². The maximum Gasteiger partial charge on any atom is 0.336 e. The topological polar surface area (TPSA) is 78.3 Å². The Hall–Kier alpha value is -4.20. The zero-order chi connectivity index (χ0) is 22.5. The molecule has 32 heavy (non-hydrogen) atoms. The van der Waals surface area contributed by atoms with Gasteiger partial charge in [-0.25, -0.2) is 9.07 Å². The van der Waals surface area contributed by atoms with E-state index in [9.17, 15) is 9.18 Å². The summed E-state index contributed by atoms with van der Waals surface area (Å²) < 4.78 is 25.6. The van der Waals surface area contributed by atoms with Crippen LogP contribution in [0.2, 0.25) is 0 Å². The highest BCUT2D eigenvalue weighted by Gasteiger charge is 2.16. The van der Waals surface area contributed by atoms with Gasteiger partial charge in [0.2, 0.25) is 0 Å². The predicted molar refractivity (Wildman–Crippen MR) is 119 cm³/mol. The first kappa shape index (κ1) is 21.0. The minimum Gasteiger partial charge on any atom is -0.497 e. The van der Waals surface area contributed by atoms with E-state index in [1.165, 1.54) is 24.3 Å². The standard InChI is InChI=1S/C24H21FN4O3/c1-3-32-24-27-22(17-6-4-9-21(14-17)31-2)29(28-24)20-8-5-7-19(15-20)26-23(30)16-10-12-18(25)13-11-16/h4-15H,3H2,1-2H3,(H,26,30). The minimum absolute atomic E-state index is 0.242. The maximum atomic E-state index is 13.1. The number of amides is 1. The minimum atomic E-state index is -0.398. The van der Waals surface area contributed by atoms with Crippen LogP contribution in [0.5, 0.6) is 11.8 Å². The van der Waals surface area contributed by atoms with E-state index in [1.54, 1.807) is 30.0 Å². The second-order valence-corrected chi connectivity index (χ2v) is 6.81. The summed E-state index contributed by atoms with van der Waals surface area (Å²) in [4.78, 5) is 17.0. The third-order valence-electron chi connectivity index (χ3n) is 4.64. The lowest BCUT2D eigenvalue weighted by Gasteiger charge is -2.10. The molecule has 162 valence electrons.